The van der Waals surface area contributed by atoms with Gasteiger partial charge < -0.3 is 9.84 Å². The van der Waals surface area contributed by atoms with Crippen molar-refractivity contribution in [2.75, 3.05) is 5.32 Å². The van der Waals surface area contributed by atoms with Crippen LogP contribution >= 0.6 is 38.5 Å². The molecular weight excluding hydrogens is 413 g/mol. The van der Waals surface area contributed by atoms with Crippen LogP contribution in [0.1, 0.15) is 11.5 Å². The van der Waals surface area contributed by atoms with Gasteiger partial charge in [-0.25, -0.2) is 4.98 Å². The third kappa shape index (κ3) is 3.52. The van der Waals surface area contributed by atoms with Gasteiger partial charge in [0, 0.05) is 16.7 Å². The summed E-state index contributed by atoms with van der Waals surface area (Å²) in [5.74, 6) is 1.06. The molecule has 0 bridgehead atoms. The average Bonchev–Trinajstić information content (AvgIpc) is 2.68. The molecule has 18 heavy (non-hydrogen) atoms. The van der Waals surface area contributed by atoms with E-state index in [1.54, 1.807) is 19.2 Å². The van der Waals surface area contributed by atoms with Crippen LogP contribution in [0.4, 0.5) is 5.82 Å². The number of nitrogens with zero attached hydrogens (tertiary/aromatic N) is 2. The zero-order valence-electron chi connectivity index (χ0n) is 9.41. The van der Waals surface area contributed by atoms with Gasteiger partial charge >= 0.3 is 0 Å². The van der Waals surface area contributed by atoms with E-state index >= 15 is 0 Å². The van der Waals surface area contributed by atoms with E-state index < -0.39 is 0 Å². The molecular formula is C11H9BrIN3O2. The van der Waals surface area contributed by atoms with Crippen molar-refractivity contribution >= 4 is 50.2 Å². The van der Waals surface area contributed by atoms with E-state index in [0.29, 0.717) is 17.3 Å². The minimum atomic E-state index is -0.170. The number of amides is 1. The van der Waals surface area contributed by atoms with Crippen LogP contribution in [0.25, 0.3) is 0 Å². The Morgan fingerprint density at radius 2 is 2.33 bits per heavy atom. The SMILES string of the molecule is Cc1cc(CC(=O)Nc2ncc(Br)cc2I)no1. The van der Waals surface area contributed by atoms with Gasteiger partial charge in [-0.15, -0.1) is 0 Å². The van der Waals surface area contributed by atoms with Crippen molar-refractivity contribution in [3.8, 4) is 0 Å². The molecule has 5 nitrogen and oxygen atoms in total. The van der Waals surface area contributed by atoms with E-state index in [9.17, 15) is 4.79 Å². The monoisotopic (exact) mass is 421 g/mol. The third-order valence-electron chi connectivity index (χ3n) is 2.08. The lowest BCUT2D eigenvalue weighted by Gasteiger charge is -2.05. The molecule has 0 fully saturated rings. The topological polar surface area (TPSA) is 68.0 Å². The van der Waals surface area contributed by atoms with Crippen molar-refractivity contribution in [1.29, 1.82) is 0 Å². The number of hydrogen-bond acceptors (Lipinski definition) is 4. The summed E-state index contributed by atoms with van der Waals surface area (Å²) < 4.78 is 6.64. The Morgan fingerprint density at radius 1 is 1.56 bits per heavy atom. The van der Waals surface area contributed by atoms with Crippen molar-refractivity contribution in [1.82, 2.24) is 10.1 Å². The smallest absolute Gasteiger partial charge is 0.231 e. The fraction of sp³-hybridized carbons (Fsp3) is 0.182. The molecule has 0 saturated carbocycles. The van der Waals surface area contributed by atoms with Crippen LogP contribution < -0.4 is 5.32 Å². The maximum Gasteiger partial charge on any atom is 0.231 e. The number of anilines is 1. The molecule has 0 aromatic carbocycles. The molecule has 1 N–H and O–H groups in total. The molecule has 1 amide bonds. The maximum absolute atomic E-state index is 11.8. The number of halogens is 2. The highest BCUT2D eigenvalue weighted by Crippen LogP contribution is 2.19. The molecule has 2 aromatic rings. The van der Waals surface area contributed by atoms with Gasteiger partial charge in [-0.2, -0.15) is 0 Å². The van der Waals surface area contributed by atoms with Gasteiger partial charge in [0.15, 0.2) is 0 Å². The van der Waals surface area contributed by atoms with Crippen LogP contribution in [0.3, 0.4) is 0 Å². The molecule has 0 unspecified atom stereocenters. The van der Waals surface area contributed by atoms with E-state index in [1.165, 1.54) is 0 Å². The molecule has 0 aliphatic heterocycles. The van der Waals surface area contributed by atoms with E-state index in [4.69, 9.17) is 4.52 Å². The standard InChI is InChI=1S/C11H9BrIN3O2/c1-6-2-8(16-18-6)4-10(17)15-11-9(13)3-7(12)5-14-11/h2-3,5H,4H2,1H3,(H,14,15,17). The Labute approximate surface area is 126 Å². The first-order chi connectivity index (χ1) is 8.54. The van der Waals surface area contributed by atoms with Crippen molar-refractivity contribution < 1.29 is 9.32 Å². The summed E-state index contributed by atoms with van der Waals surface area (Å²) in [5.41, 5.74) is 0.608. The number of hydrogen-bond donors (Lipinski definition) is 1. The van der Waals surface area contributed by atoms with E-state index in [2.05, 4.69) is 54.0 Å². The predicted octanol–water partition coefficient (Wildman–Crippen LogP) is 2.93. The van der Waals surface area contributed by atoms with Crippen molar-refractivity contribution in [3.05, 3.63) is 37.8 Å². The van der Waals surface area contributed by atoms with Crippen LogP contribution in [-0.4, -0.2) is 16.0 Å². The maximum atomic E-state index is 11.8. The second kappa shape index (κ2) is 5.79. The quantitative estimate of drug-likeness (QED) is 0.773. The van der Waals surface area contributed by atoms with Gasteiger partial charge in [-0.05, 0) is 51.5 Å². The van der Waals surface area contributed by atoms with E-state index in [1.807, 2.05) is 6.07 Å². The zero-order chi connectivity index (χ0) is 13.1. The lowest BCUT2D eigenvalue weighted by Crippen LogP contribution is -2.16. The largest absolute Gasteiger partial charge is 0.361 e. The van der Waals surface area contributed by atoms with Gasteiger partial charge in [0.05, 0.1) is 15.7 Å². The Balaban J connectivity index is 2.03. The zero-order valence-corrected chi connectivity index (χ0v) is 13.1. The lowest BCUT2D eigenvalue weighted by atomic mass is 10.3. The minimum absolute atomic E-state index is 0.170. The van der Waals surface area contributed by atoms with Crippen molar-refractivity contribution in [3.63, 3.8) is 0 Å². The fourth-order valence-corrected chi connectivity index (χ4v) is 2.72. The highest BCUT2D eigenvalue weighted by Gasteiger charge is 2.10. The number of carbonyl (C=O) groups is 1. The van der Waals surface area contributed by atoms with Gasteiger partial charge in [0.25, 0.3) is 0 Å². The molecule has 0 radical (unpaired) electrons. The number of pyridine rings is 1. The molecule has 0 aliphatic carbocycles. The molecule has 0 spiro atoms. The average molecular weight is 422 g/mol. The Hall–Kier alpha value is -0.960. The lowest BCUT2D eigenvalue weighted by molar-refractivity contribution is -0.115. The molecule has 2 aromatic heterocycles. The van der Waals surface area contributed by atoms with Gasteiger partial charge in [-0.1, -0.05) is 5.16 Å². The molecule has 0 aliphatic rings. The summed E-state index contributed by atoms with van der Waals surface area (Å²) in [6.07, 6.45) is 1.81. The summed E-state index contributed by atoms with van der Waals surface area (Å²) in [7, 11) is 0. The van der Waals surface area contributed by atoms with Crippen LogP contribution in [-0.2, 0) is 11.2 Å². The van der Waals surface area contributed by atoms with Gasteiger partial charge in [0.2, 0.25) is 5.91 Å². The molecule has 94 valence electrons. The number of carbonyl (C=O) groups excluding carboxylic acids is 1. The molecule has 2 heterocycles. The summed E-state index contributed by atoms with van der Waals surface area (Å²) in [6, 6.07) is 3.61. The third-order valence-corrected chi connectivity index (χ3v) is 3.34. The summed E-state index contributed by atoms with van der Waals surface area (Å²) in [5, 5.41) is 6.50. The van der Waals surface area contributed by atoms with E-state index in [0.717, 1.165) is 8.04 Å². The Bertz CT molecular complexity index is 585. The normalized spacial score (nSPS) is 10.4. The Morgan fingerprint density at radius 3 is 2.94 bits per heavy atom. The number of nitrogens with one attached hydrogen (secondary N) is 1. The Kier molecular flexibility index (Phi) is 4.33. The number of rotatable bonds is 3. The second-order valence-corrected chi connectivity index (χ2v) is 5.72. The summed E-state index contributed by atoms with van der Waals surface area (Å²) in [4.78, 5) is 15.9. The predicted molar refractivity (Wildman–Crippen MR) is 78.2 cm³/mol. The number of aromatic nitrogens is 2. The van der Waals surface area contributed by atoms with Crippen LogP contribution in [0.15, 0.2) is 27.3 Å². The first kappa shape index (κ1) is 13.5. The fourth-order valence-electron chi connectivity index (χ4n) is 1.35. The highest BCUT2D eigenvalue weighted by atomic mass is 127. The van der Waals surface area contributed by atoms with Crippen LogP contribution in [0.2, 0.25) is 0 Å². The number of aryl methyl sites for hydroxylation is 1. The molecule has 2 rings (SSSR count). The molecule has 7 heteroatoms. The minimum Gasteiger partial charge on any atom is -0.361 e. The second-order valence-electron chi connectivity index (χ2n) is 3.64. The summed E-state index contributed by atoms with van der Waals surface area (Å²) in [6.45, 7) is 1.79. The summed E-state index contributed by atoms with van der Waals surface area (Å²) >= 11 is 5.43. The van der Waals surface area contributed by atoms with Gasteiger partial charge in [0.1, 0.15) is 11.6 Å². The first-order valence-corrected chi connectivity index (χ1v) is 6.95. The van der Waals surface area contributed by atoms with E-state index in [-0.39, 0.29) is 12.3 Å². The molecule has 0 saturated heterocycles. The van der Waals surface area contributed by atoms with Crippen LogP contribution in [0.5, 0.6) is 0 Å². The molecule has 0 atom stereocenters. The first-order valence-electron chi connectivity index (χ1n) is 5.07. The van der Waals surface area contributed by atoms with Crippen molar-refractivity contribution in [2.45, 2.75) is 13.3 Å². The van der Waals surface area contributed by atoms with Crippen LogP contribution in [0, 0.1) is 10.5 Å². The highest BCUT2D eigenvalue weighted by molar-refractivity contribution is 14.1. The van der Waals surface area contributed by atoms with Gasteiger partial charge in [-0.3, -0.25) is 4.79 Å². The van der Waals surface area contributed by atoms with Crippen molar-refractivity contribution in [2.24, 2.45) is 0 Å².